The molecule has 2 N–H and O–H groups in total. The van der Waals surface area contributed by atoms with Crippen LogP contribution in [0.15, 0.2) is 52.3 Å². The summed E-state index contributed by atoms with van der Waals surface area (Å²) in [7, 11) is 0. The molecule has 0 aliphatic carbocycles. The summed E-state index contributed by atoms with van der Waals surface area (Å²) in [6.45, 7) is 0.0860. The van der Waals surface area contributed by atoms with Crippen LogP contribution in [0.3, 0.4) is 0 Å². The lowest BCUT2D eigenvalue weighted by atomic mass is 10.1. The molecule has 6 nitrogen and oxygen atoms in total. The monoisotopic (exact) mass is 419 g/mol. The minimum Gasteiger partial charge on any atom is -0.451 e. The first-order valence-electron chi connectivity index (χ1n) is 7.39. The number of H-pyrrole nitrogens is 1. The van der Waals surface area contributed by atoms with Crippen molar-refractivity contribution in [2.45, 2.75) is 6.54 Å². The van der Waals surface area contributed by atoms with Gasteiger partial charge in [0.1, 0.15) is 5.69 Å². The van der Waals surface area contributed by atoms with Gasteiger partial charge in [-0.2, -0.15) is 5.10 Å². The molecule has 0 saturated heterocycles. The van der Waals surface area contributed by atoms with E-state index in [9.17, 15) is 9.59 Å². The van der Waals surface area contributed by atoms with Crippen molar-refractivity contribution in [3.05, 3.63) is 62.9 Å². The van der Waals surface area contributed by atoms with Crippen LogP contribution >= 0.6 is 27.3 Å². The van der Waals surface area contributed by atoms with Crippen LogP contribution in [-0.4, -0.2) is 28.7 Å². The third-order valence-corrected chi connectivity index (χ3v) is 4.72. The van der Waals surface area contributed by atoms with Crippen LogP contribution in [0.2, 0.25) is 0 Å². The molecule has 1 amide bonds. The standard InChI is InChI=1S/C17H14BrN3O3S/c18-12-5-3-11(4-6-12)14-8-15(21-20-14)17(23)24-10-16(22)19-9-13-2-1-7-25-13/h1-8H,9-10H2,(H,19,22)(H,20,21). The first-order chi connectivity index (χ1) is 12.1. The van der Waals surface area contributed by atoms with Crippen molar-refractivity contribution in [3.8, 4) is 11.3 Å². The number of hydrogen-bond acceptors (Lipinski definition) is 5. The maximum atomic E-state index is 12.0. The molecule has 128 valence electrons. The first-order valence-corrected chi connectivity index (χ1v) is 9.06. The number of nitrogens with one attached hydrogen (secondary N) is 2. The minimum atomic E-state index is -0.623. The van der Waals surface area contributed by atoms with E-state index in [4.69, 9.17) is 4.74 Å². The highest BCUT2D eigenvalue weighted by Gasteiger charge is 2.14. The zero-order chi connectivity index (χ0) is 17.6. The zero-order valence-electron chi connectivity index (χ0n) is 13.0. The van der Waals surface area contributed by atoms with Crippen LogP contribution in [0.4, 0.5) is 0 Å². The second-order valence-electron chi connectivity index (χ2n) is 5.11. The Balaban J connectivity index is 1.51. The Morgan fingerprint density at radius 3 is 2.76 bits per heavy atom. The molecule has 0 atom stereocenters. The third kappa shape index (κ3) is 4.77. The highest BCUT2D eigenvalue weighted by atomic mass is 79.9. The van der Waals surface area contributed by atoms with E-state index in [1.807, 2.05) is 41.8 Å². The van der Waals surface area contributed by atoms with Gasteiger partial charge in [-0.15, -0.1) is 11.3 Å². The molecule has 0 unspecified atom stereocenters. The quantitative estimate of drug-likeness (QED) is 0.599. The molecule has 1 aromatic carbocycles. The van der Waals surface area contributed by atoms with Crippen molar-refractivity contribution in [1.29, 1.82) is 0 Å². The zero-order valence-corrected chi connectivity index (χ0v) is 15.4. The van der Waals surface area contributed by atoms with Gasteiger partial charge < -0.3 is 10.1 Å². The molecule has 0 saturated carbocycles. The van der Waals surface area contributed by atoms with Crippen molar-refractivity contribution < 1.29 is 14.3 Å². The normalized spacial score (nSPS) is 10.4. The molecule has 0 radical (unpaired) electrons. The average Bonchev–Trinajstić information content (AvgIpc) is 3.30. The van der Waals surface area contributed by atoms with Gasteiger partial charge in [0.15, 0.2) is 6.61 Å². The van der Waals surface area contributed by atoms with Gasteiger partial charge in [0.2, 0.25) is 0 Å². The van der Waals surface area contributed by atoms with Crippen molar-refractivity contribution >= 4 is 39.1 Å². The van der Waals surface area contributed by atoms with Crippen molar-refractivity contribution in [1.82, 2.24) is 15.5 Å². The van der Waals surface area contributed by atoms with Gasteiger partial charge >= 0.3 is 5.97 Å². The summed E-state index contributed by atoms with van der Waals surface area (Å²) in [5, 5.41) is 11.4. The molecule has 0 spiro atoms. The molecule has 3 aromatic rings. The average molecular weight is 420 g/mol. The van der Waals surface area contributed by atoms with E-state index < -0.39 is 5.97 Å². The highest BCUT2D eigenvalue weighted by Crippen LogP contribution is 2.20. The van der Waals surface area contributed by atoms with E-state index in [0.29, 0.717) is 12.2 Å². The van der Waals surface area contributed by atoms with E-state index in [0.717, 1.165) is 14.9 Å². The largest absolute Gasteiger partial charge is 0.451 e. The molecule has 3 rings (SSSR count). The number of carbonyl (C=O) groups is 2. The molecule has 0 bridgehead atoms. The molecule has 8 heteroatoms. The van der Waals surface area contributed by atoms with Gasteiger partial charge in [-0.25, -0.2) is 4.79 Å². The smallest absolute Gasteiger partial charge is 0.356 e. The number of esters is 1. The number of aromatic nitrogens is 2. The Labute approximate surface area is 156 Å². The van der Waals surface area contributed by atoms with Crippen LogP contribution in [0.5, 0.6) is 0 Å². The number of carbonyl (C=O) groups excluding carboxylic acids is 2. The Hall–Kier alpha value is -2.45. The SMILES string of the molecule is O=C(COC(=O)c1cc(-c2ccc(Br)cc2)n[nH]1)NCc1cccs1. The number of aromatic amines is 1. The lowest BCUT2D eigenvalue weighted by molar-refractivity contribution is -0.124. The Bertz CT molecular complexity index is 860. The van der Waals surface area contributed by atoms with Gasteiger partial charge in [-0.3, -0.25) is 9.89 Å². The summed E-state index contributed by atoms with van der Waals surface area (Å²) in [5.41, 5.74) is 1.69. The Kier molecular flexibility index (Phi) is 5.62. The molecule has 0 aliphatic rings. The van der Waals surface area contributed by atoms with Gasteiger partial charge in [0.05, 0.1) is 12.2 Å². The molecular weight excluding hydrogens is 406 g/mol. The number of benzene rings is 1. The fraction of sp³-hybridized carbons (Fsp3) is 0.118. The summed E-state index contributed by atoms with van der Waals surface area (Å²) in [6.07, 6.45) is 0. The summed E-state index contributed by atoms with van der Waals surface area (Å²) < 4.78 is 5.96. The van der Waals surface area contributed by atoms with Gasteiger partial charge in [-0.1, -0.05) is 34.1 Å². The van der Waals surface area contributed by atoms with E-state index in [-0.39, 0.29) is 18.2 Å². The second kappa shape index (κ2) is 8.09. The van der Waals surface area contributed by atoms with Crippen LogP contribution in [0.25, 0.3) is 11.3 Å². The molecular formula is C17H14BrN3O3S. The number of rotatable bonds is 6. The van der Waals surface area contributed by atoms with Crippen molar-refractivity contribution in [2.24, 2.45) is 0 Å². The number of halogens is 1. The van der Waals surface area contributed by atoms with Gasteiger partial charge in [0.25, 0.3) is 5.91 Å². The predicted octanol–water partition coefficient (Wildman–Crippen LogP) is 3.37. The van der Waals surface area contributed by atoms with Crippen molar-refractivity contribution in [3.63, 3.8) is 0 Å². The molecule has 2 aromatic heterocycles. The number of amides is 1. The van der Waals surface area contributed by atoms with Crippen LogP contribution < -0.4 is 5.32 Å². The Morgan fingerprint density at radius 2 is 2.04 bits per heavy atom. The molecule has 2 heterocycles. The number of nitrogens with zero attached hydrogens (tertiary/aromatic N) is 1. The maximum absolute atomic E-state index is 12.0. The summed E-state index contributed by atoms with van der Waals surface area (Å²) in [5.74, 6) is -0.975. The Morgan fingerprint density at radius 1 is 1.24 bits per heavy atom. The molecule has 0 fully saturated rings. The fourth-order valence-electron chi connectivity index (χ4n) is 2.05. The first kappa shape index (κ1) is 17.4. The summed E-state index contributed by atoms with van der Waals surface area (Å²) >= 11 is 4.92. The molecule has 0 aliphatic heterocycles. The van der Waals surface area contributed by atoms with E-state index in [2.05, 4.69) is 31.4 Å². The second-order valence-corrected chi connectivity index (χ2v) is 7.05. The lowest BCUT2D eigenvalue weighted by Crippen LogP contribution is -2.28. The van der Waals surface area contributed by atoms with E-state index in [1.54, 1.807) is 17.4 Å². The van der Waals surface area contributed by atoms with Gasteiger partial charge in [-0.05, 0) is 29.6 Å². The number of thiophene rings is 1. The summed E-state index contributed by atoms with van der Waals surface area (Å²) in [6, 6.07) is 13.0. The van der Waals surface area contributed by atoms with E-state index in [1.165, 1.54) is 0 Å². The van der Waals surface area contributed by atoms with Crippen LogP contribution in [0, 0.1) is 0 Å². The number of hydrogen-bond donors (Lipinski definition) is 2. The van der Waals surface area contributed by atoms with Crippen LogP contribution in [0.1, 0.15) is 15.4 Å². The maximum Gasteiger partial charge on any atom is 0.356 e. The van der Waals surface area contributed by atoms with Crippen LogP contribution in [-0.2, 0) is 16.1 Å². The minimum absolute atomic E-state index is 0.198. The van der Waals surface area contributed by atoms with Crippen molar-refractivity contribution in [2.75, 3.05) is 6.61 Å². The van der Waals surface area contributed by atoms with E-state index >= 15 is 0 Å². The van der Waals surface area contributed by atoms with Gasteiger partial charge in [0, 0.05) is 14.9 Å². The summed E-state index contributed by atoms with van der Waals surface area (Å²) in [4.78, 5) is 24.8. The highest BCUT2D eigenvalue weighted by molar-refractivity contribution is 9.10. The fourth-order valence-corrected chi connectivity index (χ4v) is 2.96. The lowest BCUT2D eigenvalue weighted by Gasteiger charge is -2.04. The third-order valence-electron chi connectivity index (χ3n) is 3.31. The topological polar surface area (TPSA) is 84.1 Å². The predicted molar refractivity (Wildman–Crippen MR) is 98.2 cm³/mol. The number of ether oxygens (including phenoxy) is 1. The molecule has 25 heavy (non-hydrogen) atoms.